The normalized spacial score (nSPS) is 12.5. The van der Waals surface area contributed by atoms with Crippen LogP contribution in [0.2, 0.25) is 10.0 Å². The number of benzene rings is 2. The molecule has 0 aromatic heterocycles. The van der Waals surface area contributed by atoms with Gasteiger partial charge in [-0.3, -0.25) is 5.84 Å². The van der Waals surface area contributed by atoms with Crippen LogP contribution in [0.1, 0.15) is 17.2 Å². The van der Waals surface area contributed by atoms with Gasteiger partial charge in [-0.05, 0) is 29.3 Å². The number of hydrazine groups is 1. The average molecular weight is 303 g/mol. The van der Waals surface area contributed by atoms with E-state index in [1.165, 1.54) is 12.1 Å². The van der Waals surface area contributed by atoms with Gasteiger partial charge in [0.2, 0.25) is 0 Å². The van der Waals surface area contributed by atoms with E-state index in [1.807, 2.05) is 0 Å². The zero-order valence-corrected chi connectivity index (χ0v) is 11.1. The first-order chi connectivity index (χ1) is 9.02. The Kier molecular flexibility index (Phi) is 4.37. The lowest BCUT2D eigenvalue weighted by atomic mass is 9.99. The summed E-state index contributed by atoms with van der Waals surface area (Å²) in [6.45, 7) is 0. The number of rotatable bonds is 3. The molecule has 2 aromatic carbocycles. The van der Waals surface area contributed by atoms with Crippen LogP contribution in [0, 0.1) is 11.6 Å². The van der Waals surface area contributed by atoms with Crippen molar-refractivity contribution in [2.45, 2.75) is 6.04 Å². The lowest BCUT2D eigenvalue weighted by Gasteiger charge is -2.19. The molecule has 0 spiro atoms. The summed E-state index contributed by atoms with van der Waals surface area (Å²) in [5.41, 5.74) is 3.35. The highest BCUT2D eigenvalue weighted by Crippen LogP contribution is 2.33. The quantitative estimate of drug-likeness (QED) is 0.668. The number of nitrogens with one attached hydrogen (secondary N) is 1. The molecular formula is C13H10Cl2F2N2. The molecule has 0 radical (unpaired) electrons. The Hall–Kier alpha value is -1.20. The molecule has 0 aliphatic heterocycles. The SMILES string of the molecule is NNC(c1cc(F)cc(F)c1)c1cccc(Cl)c1Cl. The van der Waals surface area contributed by atoms with Gasteiger partial charge in [0.05, 0.1) is 16.1 Å². The topological polar surface area (TPSA) is 38.0 Å². The molecule has 1 unspecified atom stereocenters. The second-order valence-corrected chi connectivity index (χ2v) is 4.73. The van der Waals surface area contributed by atoms with Crippen molar-refractivity contribution in [1.82, 2.24) is 5.43 Å². The van der Waals surface area contributed by atoms with E-state index in [9.17, 15) is 8.78 Å². The number of hydrogen-bond donors (Lipinski definition) is 2. The minimum absolute atomic E-state index is 0.289. The summed E-state index contributed by atoms with van der Waals surface area (Å²) in [6.07, 6.45) is 0. The van der Waals surface area contributed by atoms with Crippen LogP contribution in [-0.4, -0.2) is 0 Å². The molecule has 0 aliphatic rings. The van der Waals surface area contributed by atoms with Crippen LogP contribution in [0.3, 0.4) is 0 Å². The summed E-state index contributed by atoms with van der Waals surface area (Å²) >= 11 is 12.0. The Morgan fingerprint density at radius 2 is 1.68 bits per heavy atom. The van der Waals surface area contributed by atoms with Gasteiger partial charge in [0.15, 0.2) is 0 Å². The molecule has 0 bridgehead atoms. The van der Waals surface area contributed by atoms with Crippen molar-refractivity contribution in [2.24, 2.45) is 5.84 Å². The highest BCUT2D eigenvalue weighted by atomic mass is 35.5. The van der Waals surface area contributed by atoms with E-state index in [0.717, 1.165) is 6.07 Å². The average Bonchev–Trinajstić information content (AvgIpc) is 2.34. The third kappa shape index (κ3) is 3.04. The number of hydrogen-bond acceptors (Lipinski definition) is 2. The molecule has 3 N–H and O–H groups in total. The Bertz CT molecular complexity index is 585. The summed E-state index contributed by atoms with van der Waals surface area (Å²) in [7, 11) is 0. The van der Waals surface area contributed by atoms with E-state index in [0.29, 0.717) is 16.1 Å². The Morgan fingerprint density at radius 1 is 1.05 bits per heavy atom. The van der Waals surface area contributed by atoms with Gasteiger partial charge in [0.25, 0.3) is 0 Å². The molecular weight excluding hydrogens is 293 g/mol. The molecule has 2 rings (SSSR count). The van der Waals surface area contributed by atoms with E-state index in [4.69, 9.17) is 29.0 Å². The fourth-order valence-electron chi connectivity index (χ4n) is 1.85. The molecule has 19 heavy (non-hydrogen) atoms. The van der Waals surface area contributed by atoms with Crippen molar-refractivity contribution in [3.63, 3.8) is 0 Å². The van der Waals surface area contributed by atoms with Gasteiger partial charge in [-0.2, -0.15) is 0 Å². The fourth-order valence-corrected chi connectivity index (χ4v) is 2.27. The first-order valence-corrected chi connectivity index (χ1v) is 6.14. The van der Waals surface area contributed by atoms with E-state index in [2.05, 4.69) is 5.43 Å². The van der Waals surface area contributed by atoms with Gasteiger partial charge >= 0.3 is 0 Å². The molecule has 0 fully saturated rings. The third-order valence-electron chi connectivity index (χ3n) is 2.68. The first kappa shape index (κ1) is 14.2. The summed E-state index contributed by atoms with van der Waals surface area (Å²) in [5, 5.41) is 0.632. The van der Waals surface area contributed by atoms with Crippen molar-refractivity contribution in [3.8, 4) is 0 Å². The van der Waals surface area contributed by atoms with Crippen LogP contribution in [0.25, 0.3) is 0 Å². The molecule has 100 valence electrons. The van der Waals surface area contributed by atoms with Crippen LogP contribution in [0.4, 0.5) is 8.78 Å². The zero-order valence-electron chi connectivity index (χ0n) is 9.63. The van der Waals surface area contributed by atoms with Gasteiger partial charge < -0.3 is 0 Å². The molecule has 0 saturated carbocycles. The minimum atomic E-state index is -0.687. The molecule has 1 atom stereocenters. The van der Waals surface area contributed by atoms with Crippen molar-refractivity contribution < 1.29 is 8.78 Å². The maximum atomic E-state index is 13.3. The molecule has 0 heterocycles. The number of nitrogens with two attached hydrogens (primary N) is 1. The third-order valence-corrected chi connectivity index (χ3v) is 3.51. The highest BCUT2D eigenvalue weighted by molar-refractivity contribution is 6.42. The van der Waals surface area contributed by atoms with E-state index in [-0.39, 0.29) is 5.02 Å². The van der Waals surface area contributed by atoms with Crippen molar-refractivity contribution in [1.29, 1.82) is 0 Å². The van der Waals surface area contributed by atoms with Gasteiger partial charge in [-0.15, -0.1) is 0 Å². The van der Waals surface area contributed by atoms with Crippen LogP contribution in [0.15, 0.2) is 36.4 Å². The molecule has 0 amide bonds. The lowest BCUT2D eigenvalue weighted by Crippen LogP contribution is -2.29. The predicted octanol–water partition coefficient (Wildman–Crippen LogP) is 3.82. The van der Waals surface area contributed by atoms with Gasteiger partial charge in [-0.25, -0.2) is 14.2 Å². The monoisotopic (exact) mass is 302 g/mol. The van der Waals surface area contributed by atoms with E-state index >= 15 is 0 Å². The molecule has 6 heteroatoms. The first-order valence-electron chi connectivity index (χ1n) is 5.39. The van der Waals surface area contributed by atoms with Gasteiger partial charge in [0, 0.05) is 6.07 Å². The van der Waals surface area contributed by atoms with Crippen molar-refractivity contribution in [3.05, 3.63) is 69.2 Å². The second kappa shape index (κ2) is 5.84. The van der Waals surface area contributed by atoms with Crippen LogP contribution < -0.4 is 11.3 Å². The van der Waals surface area contributed by atoms with Crippen molar-refractivity contribution in [2.75, 3.05) is 0 Å². The van der Waals surface area contributed by atoms with Gasteiger partial charge in [-0.1, -0.05) is 35.3 Å². The smallest absolute Gasteiger partial charge is 0.126 e. The fraction of sp³-hybridized carbons (Fsp3) is 0.0769. The molecule has 0 saturated heterocycles. The van der Waals surface area contributed by atoms with Gasteiger partial charge in [0.1, 0.15) is 11.6 Å². The maximum absolute atomic E-state index is 13.3. The zero-order chi connectivity index (χ0) is 14.0. The summed E-state index contributed by atoms with van der Waals surface area (Å²) in [6, 6.07) is 7.49. The Labute approximate surface area is 119 Å². The van der Waals surface area contributed by atoms with Crippen LogP contribution >= 0.6 is 23.2 Å². The van der Waals surface area contributed by atoms with Crippen LogP contribution in [-0.2, 0) is 0 Å². The van der Waals surface area contributed by atoms with E-state index in [1.54, 1.807) is 18.2 Å². The number of halogens is 4. The minimum Gasteiger partial charge on any atom is -0.271 e. The predicted molar refractivity (Wildman–Crippen MR) is 72.0 cm³/mol. The van der Waals surface area contributed by atoms with Crippen LogP contribution in [0.5, 0.6) is 0 Å². The Balaban J connectivity index is 2.53. The second-order valence-electron chi connectivity index (χ2n) is 3.95. The summed E-state index contributed by atoms with van der Waals surface area (Å²) in [5.74, 6) is 4.09. The van der Waals surface area contributed by atoms with E-state index < -0.39 is 17.7 Å². The summed E-state index contributed by atoms with van der Waals surface area (Å²) in [4.78, 5) is 0. The summed E-state index contributed by atoms with van der Waals surface area (Å²) < 4.78 is 26.5. The maximum Gasteiger partial charge on any atom is 0.126 e. The highest BCUT2D eigenvalue weighted by Gasteiger charge is 2.18. The molecule has 2 aromatic rings. The standard InChI is InChI=1S/C13H10Cl2F2N2/c14-11-3-1-2-10(12(11)15)13(19-18)7-4-8(16)6-9(17)5-7/h1-6,13,19H,18H2. The molecule has 0 aliphatic carbocycles. The van der Waals surface area contributed by atoms with Crippen molar-refractivity contribution >= 4 is 23.2 Å². The largest absolute Gasteiger partial charge is 0.271 e. The lowest BCUT2D eigenvalue weighted by molar-refractivity contribution is 0.566. The Morgan fingerprint density at radius 3 is 2.26 bits per heavy atom. The molecule has 2 nitrogen and oxygen atoms in total.